The molecule has 108 valence electrons. The van der Waals surface area contributed by atoms with Gasteiger partial charge in [-0.05, 0) is 59.4 Å². The molecule has 0 aliphatic carbocycles. The van der Waals surface area contributed by atoms with E-state index in [1.807, 2.05) is 18.4 Å². The van der Waals surface area contributed by atoms with Crippen LogP contribution in [0.15, 0.2) is 34.1 Å². The Bertz CT molecular complexity index is 587. The molecule has 0 bridgehead atoms. The molecule has 2 aromatic rings. The van der Waals surface area contributed by atoms with Crippen molar-refractivity contribution in [2.24, 2.45) is 0 Å². The van der Waals surface area contributed by atoms with E-state index in [4.69, 9.17) is 4.74 Å². The van der Waals surface area contributed by atoms with Crippen LogP contribution in [-0.4, -0.2) is 7.11 Å². The van der Waals surface area contributed by atoms with E-state index in [1.54, 1.807) is 24.5 Å². The smallest absolute Gasteiger partial charge is 0.123 e. The molecule has 1 N–H and O–H groups in total. The molecule has 5 heteroatoms. The molecule has 2 rings (SSSR count). The second-order valence-electron chi connectivity index (χ2n) is 4.63. The maximum absolute atomic E-state index is 13.4. The van der Waals surface area contributed by atoms with Crippen LogP contribution in [-0.2, 0) is 0 Å². The standard InChI is InChI=1S/C15H17BrFNOS/c1-9(12-8-11(17)4-5-14(12)19-3)18-10(2)15-13(16)6-7-20-15/h4-10,18H,1-3H3. The van der Waals surface area contributed by atoms with Crippen LogP contribution in [0, 0.1) is 5.82 Å². The SMILES string of the molecule is COc1ccc(F)cc1C(C)NC(C)c1sccc1Br. The van der Waals surface area contributed by atoms with E-state index in [0.29, 0.717) is 5.75 Å². The van der Waals surface area contributed by atoms with Crippen LogP contribution in [0.5, 0.6) is 5.75 Å². The highest BCUT2D eigenvalue weighted by Crippen LogP contribution is 2.32. The van der Waals surface area contributed by atoms with Gasteiger partial charge in [0.15, 0.2) is 0 Å². The van der Waals surface area contributed by atoms with Gasteiger partial charge in [0.25, 0.3) is 0 Å². The summed E-state index contributed by atoms with van der Waals surface area (Å²) in [6.07, 6.45) is 0. The molecule has 0 radical (unpaired) electrons. The second kappa shape index (κ2) is 6.70. The van der Waals surface area contributed by atoms with E-state index in [1.165, 1.54) is 17.0 Å². The molecule has 0 amide bonds. The Morgan fingerprint density at radius 2 is 2.00 bits per heavy atom. The van der Waals surface area contributed by atoms with E-state index >= 15 is 0 Å². The summed E-state index contributed by atoms with van der Waals surface area (Å²) < 4.78 is 19.8. The lowest BCUT2D eigenvalue weighted by Gasteiger charge is -2.21. The van der Waals surface area contributed by atoms with Gasteiger partial charge in [-0.1, -0.05) is 0 Å². The summed E-state index contributed by atoms with van der Waals surface area (Å²) in [5.74, 6) is 0.447. The Hall–Kier alpha value is -0.910. The molecule has 2 unspecified atom stereocenters. The van der Waals surface area contributed by atoms with Crippen molar-refractivity contribution in [1.29, 1.82) is 0 Å². The van der Waals surface area contributed by atoms with Crippen molar-refractivity contribution in [1.82, 2.24) is 5.32 Å². The molecule has 0 saturated heterocycles. The monoisotopic (exact) mass is 357 g/mol. The van der Waals surface area contributed by atoms with Crippen molar-refractivity contribution in [3.05, 3.63) is 50.4 Å². The van der Waals surface area contributed by atoms with Crippen molar-refractivity contribution in [2.75, 3.05) is 7.11 Å². The van der Waals surface area contributed by atoms with Gasteiger partial charge >= 0.3 is 0 Å². The lowest BCUT2D eigenvalue weighted by Crippen LogP contribution is -2.22. The summed E-state index contributed by atoms with van der Waals surface area (Å²) in [5.41, 5.74) is 0.826. The van der Waals surface area contributed by atoms with Crippen LogP contribution in [0.4, 0.5) is 4.39 Å². The Morgan fingerprint density at radius 1 is 1.25 bits per heavy atom. The van der Waals surface area contributed by atoms with Crippen molar-refractivity contribution < 1.29 is 9.13 Å². The lowest BCUT2D eigenvalue weighted by molar-refractivity contribution is 0.395. The number of thiophene rings is 1. The van der Waals surface area contributed by atoms with Gasteiger partial charge in [-0.3, -0.25) is 0 Å². The topological polar surface area (TPSA) is 21.3 Å². The average Bonchev–Trinajstić information content (AvgIpc) is 2.85. The predicted molar refractivity (Wildman–Crippen MR) is 84.9 cm³/mol. The third kappa shape index (κ3) is 3.40. The quantitative estimate of drug-likeness (QED) is 0.806. The first kappa shape index (κ1) is 15.5. The van der Waals surface area contributed by atoms with Crippen LogP contribution in [0.3, 0.4) is 0 Å². The molecule has 20 heavy (non-hydrogen) atoms. The normalized spacial score (nSPS) is 14.1. The minimum atomic E-state index is -0.251. The average molecular weight is 358 g/mol. The largest absolute Gasteiger partial charge is 0.496 e. The Morgan fingerprint density at radius 3 is 2.60 bits per heavy atom. The fourth-order valence-corrected chi connectivity index (χ4v) is 3.93. The minimum absolute atomic E-state index is 0.00958. The summed E-state index contributed by atoms with van der Waals surface area (Å²) in [7, 11) is 1.60. The van der Waals surface area contributed by atoms with E-state index in [9.17, 15) is 4.39 Å². The molecule has 0 fully saturated rings. The third-order valence-corrected chi connectivity index (χ3v) is 5.25. The van der Waals surface area contributed by atoms with Gasteiger partial charge in [0.05, 0.1) is 7.11 Å². The highest BCUT2D eigenvalue weighted by atomic mass is 79.9. The number of hydrogen-bond donors (Lipinski definition) is 1. The molecule has 1 aromatic carbocycles. The molecule has 2 atom stereocenters. The van der Waals surface area contributed by atoms with Gasteiger partial charge < -0.3 is 10.1 Å². The van der Waals surface area contributed by atoms with E-state index in [-0.39, 0.29) is 17.9 Å². The van der Waals surface area contributed by atoms with E-state index in [2.05, 4.69) is 28.2 Å². The van der Waals surface area contributed by atoms with Crippen LogP contribution in [0.2, 0.25) is 0 Å². The zero-order valence-electron chi connectivity index (χ0n) is 11.6. The Labute approximate surface area is 131 Å². The van der Waals surface area contributed by atoms with Gasteiger partial charge in [-0.2, -0.15) is 0 Å². The maximum Gasteiger partial charge on any atom is 0.123 e. The highest BCUT2D eigenvalue weighted by molar-refractivity contribution is 9.10. The van der Waals surface area contributed by atoms with Gasteiger partial charge in [0.2, 0.25) is 0 Å². The minimum Gasteiger partial charge on any atom is -0.496 e. The molecular formula is C15H17BrFNOS. The molecule has 0 aliphatic heterocycles. The lowest BCUT2D eigenvalue weighted by atomic mass is 10.1. The van der Waals surface area contributed by atoms with Gasteiger partial charge in [-0.25, -0.2) is 4.39 Å². The Kier molecular flexibility index (Phi) is 5.18. The predicted octanol–water partition coefficient (Wildman–Crippen LogP) is 5.07. The summed E-state index contributed by atoms with van der Waals surface area (Å²) in [6, 6.07) is 6.79. The number of halogens is 2. The summed E-state index contributed by atoms with van der Waals surface area (Å²) in [6.45, 7) is 4.11. The van der Waals surface area contributed by atoms with Crippen LogP contribution in [0.1, 0.15) is 36.4 Å². The molecule has 0 aliphatic rings. The maximum atomic E-state index is 13.4. The number of ether oxygens (including phenoxy) is 1. The number of rotatable bonds is 5. The molecular weight excluding hydrogens is 341 g/mol. The van der Waals surface area contributed by atoms with Crippen molar-refractivity contribution in [3.63, 3.8) is 0 Å². The number of nitrogens with one attached hydrogen (secondary N) is 1. The molecule has 0 spiro atoms. The van der Waals surface area contributed by atoms with Crippen molar-refractivity contribution in [2.45, 2.75) is 25.9 Å². The fraction of sp³-hybridized carbons (Fsp3) is 0.333. The van der Waals surface area contributed by atoms with Crippen molar-refractivity contribution >= 4 is 27.3 Å². The molecule has 1 aromatic heterocycles. The summed E-state index contributed by atoms with van der Waals surface area (Å²) >= 11 is 5.23. The van der Waals surface area contributed by atoms with Gasteiger partial charge in [0.1, 0.15) is 11.6 Å². The third-order valence-electron chi connectivity index (χ3n) is 3.20. The first-order chi connectivity index (χ1) is 9.52. The molecule has 0 saturated carbocycles. The first-order valence-corrected chi connectivity index (χ1v) is 8.02. The van der Waals surface area contributed by atoms with Crippen LogP contribution < -0.4 is 10.1 Å². The van der Waals surface area contributed by atoms with Crippen LogP contribution >= 0.6 is 27.3 Å². The fourth-order valence-electron chi connectivity index (χ4n) is 2.20. The summed E-state index contributed by atoms with van der Waals surface area (Å²) in [5, 5.41) is 5.52. The van der Waals surface area contributed by atoms with Crippen molar-refractivity contribution in [3.8, 4) is 5.75 Å². The molecule has 2 nitrogen and oxygen atoms in total. The van der Waals surface area contributed by atoms with Gasteiger partial charge in [0, 0.05) is 27.0 Å². The van der Waals surface area contributed by atoms with Crippen LogP contribution in [0.25, 0.3) is 0 Å². The zero-order valence-corrected chi connectivity index (χ0v) is 14.0. The first-order valence-electron chi connectivity index (χ1n) is 6.35. The van der Waals surface area contributed by atoms with E-state index in [0.717, 1.165) is 10.0 Å². The number of benzene rings is 1. The molecule has 1 heterocycles. The number of hydrogen-bond acceptors (Lipinski definition) is 3. The second-order valence-corrected chi connectivity index (χ2v) is 6.43. The zero-order chi connectivity index (χ0) is 14.7. The highest BCUT2D eigenvalue weighted by Gasteiger charge is 2.17. The number of methoxy groups -OCH3 is 1. The van der Waals surface area contributed by atoms with Gasteiger partial charge in [-0.15, -0.1) is 11.3 Å². The van der Waals surface area contributed by atoms with E-state index < -0.39 is 0 Å². The summed E-state index contributed by atoms with van der Waals surface area (Å²) in [4.78, 5) is 1.23. The Balaban J connectivity index is 2.18.